The highest BCUT2D eigenvalue weighted by atomic mass is 16.2. The molecular formula is C17H28N2O. The highest BCUT2D eigenvalue weighted by Crippen LogP contribution is 2.19. The van der Waals surface area contributed by atoms with Crippen molar-refractivity contribution in [2.45, 2.75) is 46.0 Å². The van der Waals surface area contributed by atoms with Gasteiger partial charge in [-0.2, -0.15) is 0 Å². The van der Waals surface area contributed by atoms with Gasteiger partial charge in [0, 0.05) is 19.2 Å². The van der Waals surface area contributed by atoms with Crippen LogP contribution in [0.15, 0.2) is 24.3 Å². The minimum absolute atomic E-state index is 0.185. The van der Waals surface area contributed by atoms with E-state index < -0.39 is 0 Å². The number of amides is 1. The number of hydrogen-bond acceptors (Lipinski definition) is 2. The molecule has 1 rings (SSSR count). The second kappa shape index (κ2) is 8.75. The molecule has 3 heteroatoms. The summed E-state index contributed by atoms with van der Waals surface area (Å²) in [4.78, 5) is 14.0. The van der Waals surface area contributed by atoms with Crippen LogP contribution in [0, 0.1) is 5.92 Å². The lowest BCUT2D eigenvalue weighted by atomic mass is 9.96. The summed E-state index contributed by atoms with van der Waals surface area (Å²) in [6, 6.07) is 8.21. The highest BCUT2D eigenvalue weighted by molar-refractivity contribution is 5.92. The zero-order chi connectivity index (χ0) is 15.0. The smallest absolute Gasteiger partial charge is 0.226 e. The van der Waals surface area contributed by atoms with E-state index in [0.717, 1.165) is 31.4 Å². The molecule has 2 N–H and O–H groups in total. The summed E-state index contributed by atoms with van der Waals surface area (Å²) in [6.45, 7) is 5.01. The summed E-state index contributed by atoms with van der Waals surface area (Å²) in [7, 11) is 1.85. The van der Waals surface area contributed by atoms with Gasteiger partial charge in [-0.05, 0) is 49.4 Å². The Labute approximate surface area is 123 Å². The van der Waals surface area contributed by atoms with Gasteiger partial charge in [-0.25, -0.2) is 0 Å². The minimum atomic E-state index is 0.185. The predicted molar refractivity (Wildman–Crippen MR) is 85.9 cm³/mol. The van der Waals surface area contributed by atoms with Crippen molar-refractivity contribution in [1.82, 2.24) is 0 Å². The molecule has 1 atom stereocenters. The maximum Gasteiger partial charge on any atom is 0.226 e. The molecule has 0 aliphatic rings. The van der Waals surface area contributed by atoms with Gasteiger partial charge in [-0.3, -0.25) is 4.79 Å². The van der Waals surface area contributed by atoms with Gasteiger partial charge in [-0.15, -0.1) is 0 Å². The lowest BCUT2D eigenvalue weighted by Gasteiger charge is -2.19. The molecule has 0 saturated carbocycles. The molecule has 1 unspecified atom stereocenters. The molecule has 0 spiro atoms. The van der Waals surface area contributed by atoms with Crippen LogP contribution in [0.2, 0.25) is 0 Å². The average Bonchev–Trinajstić information content (AvgIpc) is 2.50. The zero-order valence-corrected chi connectivity index (χ0v) is 13.1. The van der Waals surface area contributed by atoms with Gasteiger partial charge >= 0.3 is 0 Å². The molecule has 0 saturated heterocycles. The largest absolute Gasteiger partial charge is 0.330 e. The highest BCUT2D eigenvalue weighted by Gasteiger charge is 2.13. The summed E-state index contributed by atoms with van der Waals surface area (Å²) in [5, 5.41) is 0. The average molecular weight is 276 g/mol. The van der Waals surface area contributed by atoms with Crippen LogP contribution < -0.4 is 10.6 Å². The molecule has 0 radical (unpaired) electrons. The van der Waals surface area contributed by atoms with Crippen molar-refractivity contribution >= 4 is 11.6 Å². The first-order valence-electron chi connectivity index (χ1n) is 7.67. The van der Waals surface area contributed by atoms with Crippen molar-refractivity contribution in [3.05, 3.63) is 29.8 Å². The second-order valence-corrected chi connectivity index (χ2v) is 5.36. The fourth-order valence-corrected chi connectivity index (χ4v) is 2.38. The third kappa shape index (κ3) is 4.97. The summed E-state index contributed by atoms with van der Waals surface area (Å²) in [5.41, 5.74) is 7.86. The van der Waals surface area contributed by atoms with E-state index >= 15 is 0 Å². The number of carbonyl (C=O) groups is 1. The Balaban J connectivity index is 2.53. The van der Waals surface area contributed by atoms with Crippen molar-refractivity contribution in [1.29, 1.82) is 0 Å². The topological polar surface area (TPSA) is 46.3 Å². The Morgan fingerprint density at radius 2 is 1.85 bits per heavy atom. The van der Waals surface area contributed by atoms with Gasteiger partial charge in [-0.1, -0.05) is 32.4 Å². The van der Waals surface area contributed by atoms with E-state index in [1.54, 1.807) is 4.90 Å². The monoisotopic (exact) mass is 276 g/mol. The van der Waals surface area contributed by atoms with Gasteiger partial charge < -0.3 is 10.6 Å². The van der Waals surface area contributed by atoms with E-state index in [2.05, 4.69) is 26.0 Å². The summed E-state index contributed by atoms with van der Waals surface area (Å²) in [5.74, 6) is 0.754. The van der Waals surface area contributed by atoms with Crippen LogP contribution in [-0.2, 0) is 11.2 Å². The Morgan fingerprint density at radius 3 is 2.35 bits per heavy atom. The number of hydrogen-bond donors (Lipinski definition) is 1. The normalized spacial score (nSPS) is 12.2. The maximum atomic E-state index is 12.2. The molecule has 0 aliphatic heterocycles. The predicted octanol–water partition coefficient (Wildman–Crippen LogP) is 3.37. The molecule has 3 nitrogen and oxygen atoms in total. The maximum absolute atomic E-state index is 12.2. The van der Waals surface area contributed by atoms with E-state index in [1.807, 2.05) is 19.2 Å². The number of nitrogens with two attached hydrogens (primary N) is 1. The quantitative estimate of drug-likeness (QED) is 0.791. The Hall–Kier alpha value is -1.35. The number of nitrogens with zero attached hydrogens (tertiary/aromatic N) is 1. The second-order valence-electron chi connectivity index (χ2n) is 5.36. The van der Waals surface area contributed by atoms with Gasteiger partial charge in [0.2, 0.25) is 5.91 Å². The number of aryl methyl sites for hydroxylation is 1. The Kier molecular flexibility index (Phi) is 7.31. The molecule has 1 amide bonds. The molecule has 0 heterocycles. The number of anilines is 1. The van der Waals surface area contributed by atoms with Crippen LogP contribution in [0.5, 0.6) is 0 Å². The molecule has 112 valence electrons. The van der Waals surface area contributed by atoms with E-state index in [4.69, 9.17) is 5.73 Å². The molecule has 0 fully saturated rings. The van der Waals surface area contributed by atoms with Gasteiger partial charge in [0.15, 0.2) is 0 Å². The van der Waals surface area contributed by atoms with Gasteiger partial charge in [0.25, 0.3) is 0 Å². The first-order chi connectivity index (χ1) is 9.62. The molecule has 0 aliphatic carbocycles. The van der Waals surface area contributed by atoms with E-state index in [1.165, 1.54) is 5.56 Å². The lowest BCUT2D eigenvalue weighted by molar-refractivity contribution is -0.118. The molecule has 20 heavy (non-hydrogen) atoms. The molecule has 0 bridgehead atoms. The number of benzene rings is 1. The van der Waals surface area contributed by atoms with E-state index in [0.29, 0.717) is 18.9 Å². The molecular weight excluding hydrogens is 248 g/mol. The van der Waals surface area contributed by atoms with Gasteiger partial charge in [0.05, 0.1) is 0 Å². The minimum Gasteiger partial charge on any atom is -0.330 e. The summed E-state index contributed by atoms with van der Waals surface area (Å²) >= 11 is 0. The summed E-state index contributed by atoms with van der Waals surface area (Å²) < 4.78 is 0. The van der Waals surface area contributed by atoms with Crippen LogP contribution in [0.4, 0.5) is 5.69 Å². The molecule has 0 aromatic heterocycles. The zero-order valence-electron chi connectivity index (χ0n) is 13.1. The van der Waals surface area contributed by atoms with Gasteiger partial charge in [0.1, 0.15) is 0 Å². The van der Waals surface area contributed by atoms with Crippen LogP contribution >= 0.6 is 0 Å². The standard InChI is InChI=1S/C17H28N2O/c1-4-14-6-9-16(10-7-14)19(3)17(20)11-8-15(5-2)12-13-18/h6-7,9-10,15H,4-5,8,11-13,18H2,1-3H3. The Bertz CT molecular complexity index is 400. The molecule has 1 aromatic rings. The third-order valence-electron chi connectivity index (χ3n) is 4.02. The van der Waals surface area contributed by atoms with Crippen molar-refractivity contribution in [3.63, 3.8) is 0 Å². The van der Waals surface area contributed by atoms with E-state index in [9.17, 15) is 4.79 Å². The fraction of sp³-hybridized carbons (Fsp3) is 0.588. The van der Waals surface area contributed by atoms with Crippen LogP contribution in [0.1, 0.15) is 45.1 Å². The van der Waals surface area contributed by atoms with Crippen LogP contribution in [0.25, 0.3) is 0 Å². The van der Waals surface area contributed by atoms with Crippen LogP contribution in [0.3, 0.4) is 0 Å². The van der Waals surface area contributed by atoms with Crippen molar-refractivity contribution in [2.24, 2.45) is 11.7 Å². The van der Waals surface area contributed by atoms with Crippen molar-refractivity contribution in [2.75, 3.05) is 18.5 Å². The Morgan fingerprint density at radius 1 is 1.20 bits per heavy atom. The van der Waals surface area contributed by atoms with Crippen LogP contribution in [-0.4, -0.2) is 19.5 Å². The first kappa shape index (κ1) is 16.7. The first-order valence-corrected chi connectivity index (χ1v) is 7.67. The lowest BCUT2D eigenvalue weighted by Crippen LogP contribution is -2.26. The fourth-order valence-electron chi connectivity index (χ4n) is 2.38. The number of carbonyl (C=O) groups excluding carboxylic acids is 1. The summed E-state index contributed by atoms with van der Waals surface area (Å²) in [6.07, 6.45) is 4.67. The van der Waals surface area contributed by atoms with Crippen molar-refractivity contribution < 1.29 is 4.79 Å². The third-order valence-corrected chi connectivity index (χ3v) is 4.02. The SMILES string of the molecule is CCc1ccc(N(C)C(=O)CCC(CC)CCN)cc1. The molecule has 1 aromatic carbocycles. The van der Waals surface area contributed by atoms with E-state index in [-0.39, 0.29) is 5.91 Å². The van der Waals surface area contributed by atoms with Crippen molar-refractivity contribution in [3.8, 4) is 0 Å². The number of rotatable bonds is 8.